The van der Waals surface area contributed by atoms with Gasteiger partial charge in [-0.1, -0.05) is 12.1 Å². The van der Waals surface area contributed by atoms with Gasteiger partial charge in [0.05, 0.1) is 0 Å². The van der Waals surface area contributed by atoms with Crippen LogP contribution in [0.4, 0.5) is 4.79 Å². The molecule has 8 heteroatoms. The molecule has 0 radical (unpaired) electrons. The van der Waals surface area contributed by atoms with E-state index in [-0.39, 0.29) is 5.75 Å². The molecule has 1 saturated heterocycles. The van der Waals surface area contributed by atoms with Crippen molar-refractivity contribution in [3.63, 3.8) is 0 Å². The fraction of sp³-hybridized carbons (Fsp3) is 0.111. The van der Waals surface area contributed by atoms with E-state index in [1.54, 1.807) is 12.1 Å². The number of benzene rings is 1. The minimum Gasteiger partial charge on any atom is -0.512 e. The topological polar surface area (TPSA) is 108 Å². The number of hydrogen-bond donors (Lipinski definition) is 4. The number of amides is 3. The van der Waals surface area contributed by atoms with Gasteiger partial charge in [0.25, 0.3) is 5.91 Å². The minimum atomic E-state index is -1.89. The summed E-state index contributed by atoms with van der Waals surface area (Å²) in [6.07, 6.45) is 0. The van der Waals surface area contributed by atoms with E-state index < -0.39 is 25.3 Å². The lowest BCUT2D eigenvalue weighted by atomic mass is 10.1. The third-order valence-electron chi connectivity index (χ3n) is 2.23. The van der Waals surface area contributed by atoms with Crippen LogP contribution in [-0.2, 0) is 4.79 Å². The van der Waals surface area contributed by atoms with Gasteiger partial charge in [0.1, 0.15) is 11.8 Å². The molecule has 88 valence electrons. The summed E-state index contributed by atoms with van der Waals surface area (Å²) in [5.74, 6) is -0.181. The molecule has 4 N–H and O–H groups in total. The van der Waals surface area contributed by atoms with Gasteiger partial charge >= 0.3 is 13.4 Å². The number of urea groups is 1. The summed E-state index contributed by atoms with van der Waals surface area (Å²) in [5, 5.41) is 21.7. The second-order valence-electron chi connectivity index (χ2n) is 3.41. The van der Waals surface area contributed by atoms with Gasteiger partial charge in [0.15, 0.2) is 0 Å². The van der Waals surface area contributed by atoms with Crippen LogP contribution < -0.4 is 15.3 Å². The van der Waals surface area contributed by atoms with Crippen molar-refractivity contribution in [1.29, 1.82) is 0 Å². The molecule has 0 aromatic heterocycles. The van der Waals surface area contributed by atoms with E-state index in [9.17, 15) is 9.59 Å². The lowest BCUT2D eigenvalue weighted by molar-refractivity contribution is -0.120. The third kappa shape index (κ3) is 2.55. The molecule has 1 aliphatic rings. The van der Waals surface area contributed by atoms with Crippen molar-refractivity contribution in [3.05, 3.63) is 29.8 Å². The van der Waals surface area contributed by atoms with Crippen LogP contribution in [0, 0.1) is 0 Å². The Labute approximate surface area is 96.6 Å². The first-order valence-electron chi connectivity index (χ1n) is 4.80. The summed E-state index contributed by atoms with van der Waals surface area (Å²) in [4.78, 5) is 22.3. The summed E-state index contributed by atoms with van der Waals surface area (Å²) in [6, 6.07) is 4.77. The predicted octanol–water partition coefficient (Wildman–Crippen LogP) is -1.08. The van der Waals surface area contributed by atoms with Gasteiger partial charge in [0, 0.05) is 0 Å². The number of carbonyl (C=O) groups excluding carboxylic acids is 2. The van der Waals surface area contributed by atoms with Crippen molar-refractivity contribution in [2.24, 2.45) is 0 Å². The van der Waals surface area contributed by atoms with E-state index in [1.807, 2.05) is 0 Å². The lowest BCUT2D eigenvalue weighted by Gasteiger charge is -2.09. The number of carbonyl (C=O) groups is 2. The molecule has 1 heterocycles. The zero-order valence-electron chi connectivity index (χ0n) is 8.58. The van der Waals surface area contributed by atoms with Gasteiger partial charge in [-0.05, 0) is 17.7 Å². The highest BCUT2D eigenvalue weighted by atomic mass is 16.6. The molecule has 1 aromatic rings. The fourth-order valence-corrected chi connectivity index (χ4v) is 1.51. The zero-order valence-corrected chi connectivity index (χ0v) is 8.58. The Morgan fingerprint density at radius 3 is 2.29 bits per heavy atom. The second-order valence-corrected chi connectivity index (χ2v) is 3.41. The highest BCUT2D eigenvalue weighted by molar-refractivity contribution is 6.33. The number of hydrogen-bond acceptors (Lipinski definition) is 5. The van der Waals surface area contributed by atoms with Crippen LogP contribution in [-0.4, -0.2) is 29.3 Å². The summed E-state index contributed by atoms with van der Waals surface area (Å²) in [7, 11) is -1.89. The van der Waals surface area contributed by atoms with E-state index in [1.165, 1.54) is 12.1 Å². The molecule has 3 amide bonds. The Bertz CT molecular complexity index is 447. The molecule has 0 bridgehead atoms. The molecule has 1 atom stereocenters. The maximum absolute atomic E-state index is 11.3. The molecule has 0 spiro atoms. The van der Waals surface area contributed by atoms with Gasteiger partial charge in [-0.2, -0.15) is 0 Å². The van der Waals surface area contributed by atoms with Crippen LogP contribution in [0.5, 0.6) is 5.75 Å². The summed E-state index contributed by atoms with van der Waals surface area (Å²) in [5.41, 5.74) is 0.577. The maximum atomic E-state index is 11.3. The lowest BCUT2D eigenvalue weighted by Crippen LogP contribution is -2.22. The Hall–Kier alpha value is -2.06. The van der Waals surface area contributed by atoms with E-state index in [2.05, 4.69) is 15.3 Å². The second kappa shape index (κ2) is 4.44. The van der Waals surface area contributed by atoms with Crippen LogP contribution in [0.2, 0.25) is 0 Å². The number of rotatable bonds is 3. The van der Waals surface area contributed by atoms with Gasteiger partial charge in [-0.25, -0.2) is 4.79 Å². The quantitative estimate of drug-likeness (QED) is 0.394. The molecule has 1 aromatic carbocycles. The maximum Gasteiger partial charge on any atom is 0.707 e. The normalized spacial score (nSPS) is 18.6. The van der Waals surface area contributed by atoms with Crippen molar-refractivity contribution in [2.45, 2.75) is 6.04 Å². The SMILES string of the molecule is O=C1NC(=O)C(c2ccc(OB(O)O)cc2)N1. The van der Waals surface area contributed by atoms with Crippen molar-refractivity contribution in [3.8, 4) is 5.75 Å². The van der Waals surface area contributed by atoms with Crippen LogP contribution in [0.1, 0.15) is 11.6 Å². The van der Waals surface area contributed by atoms with Crippen molar-refractivity contribution >= 4 is 19.3 Å². The standard InChI is InChI=1S/C9H9BN2O5/c13-8-7(11-9(14)12-8)5-1-3-6(4-2-5)17-10(15)16/h1-4,7,15-16H,(H2,11,12,13,14). The molecular weight excluding hydrogens is 227 g/mol. The van der Waals surface area contributed by atoms with Crippen molar-refractivity contribution in [2.75, 3.05) is 0 Å². The molecule has 0 aliphatic carbocycles. The van der Waals surface area contributed by atoms with E-state index >= 15 is 0 Å². The molecule has 1 unspecified atom stereocenters. The fourth-order valence-electron chi connectivity index (χ4n) is 1.51. The summed E-state index contributed by atoms with van der Waals surface area (Å²) in [6.45, 7) is 0. The van der Waals surface area contributed by atoms with E-state index in [0.717, 1.165) is 0 Å². The summed E-state index contributed by atoms with van der Waals surface area (Å²) < 4.78 is 4.60. The van der Waals surface area contributed by atoms with Crippen LogP contribution in [0.15, 0.2) is 24.3 Å². The van der Waals surface area contributed by atoms with Crippen LogP contribution in [0.25, 0.3) is 0 Å². The highest BCUT2D eigenvalue weighted by Crippen LogP contribution is 2.20. The smallest absolute Gasteiger partial charge is 0.512 e. The van der Waals surface area contributed by atoms with E-state index in [0.29, 0.717) is 5.56 Å². The van der Waals surface area contributed by atoms with Gasteiger partial charge < -0.3 is 20.0 Å². The van der Waals surface area contributed by atoms with Crippen molar-refractivity contribution in [1.82, 2.24) is 10.6 Å². The highest BCUT2D eigenvalue weighted by Gasteiger charge is 2.30. The Kier molecular flexibility index (Phi) is 2.98. The Balaban J connectivity index is 2.13. The van der Waals surface area contributed by atoms with Gasteiger partial charge in [0.2, 0.25) is 0 Å². The molecule has 1 aliphatic heterocycles. The average Bonchev–Trinajstić information content (AvgIpc) is 2.58. The van der Waals surface area contributed by atoms with E-state index in [4.69, 9.17) is 10.0 Å². The molecule has 1 fully saturated rings. The zero-order chi connectivity index (χ0) is 12.4. The number of nitrogens with one attached hydrogen (secondary N) is 2. The first-order valence-corrected chi connectivity index (χ1v) is 4.80. The first-order chi connectivity index (χ1) is 8.06. The monoisotopic (exact) mass is 236 g/mol. The Morgan fingerprint density at radius 2 is 1.82 bits per heavy atom. The Morgan fingerprint density at radius 1 is 1.18 bits per heavy atom. The molecule has 0 saturated carbocycles. The first kappa shape index (κ1) is 11.4. The number of imide groups is 1. The average molecular weight is 236 g/mol. The molecular formula is C9H9BN2O5. The molecule has 7 nitrogen and oxygen atoms in total. The molecule has 17 heavy (non-hydrogen) atoms. The predicted molar refractivity (Wildman–Crippen MR) is 56.7 cm³/mol. The largest absolute Gasteiger partial charge is 0.707 e. The molecule has 2 rings (SSSR count). The van der Waals surface area contributed by atoms with Crippen molar-refractivity contribution < 1.29 is 24.3 Å². The van der Waals surface area contributed by atoms with Gasteiger partial charge in [-0.3, -0.25) is 10.1 Å². The van der Waals surface area contributed by atoms with Gasteiger partial charge in [-0.15, -0.1) is 0 Å². The van der Waals surface area contributed by atoms with Crippen LogP contribution >= 0.6 is 0 Å². The summed E-state index contributed by atoms with van der Waals surface area (Å²) >= 11 is 0. The third-order valence-corrected chi connectivity index (χ3v) is 2.23. The van der Waals surface area contributed by atoms with Crippen LogP contribution in [0.3, 0.4) is 0 Å². The minimum absolute atomic E-state index is 0.244.